The Morgan fingerprint density at radius 1 is 1.02 bits per heavy atom. The van der Waals surface area contributed by atoms with E-state index in [1.54, 1.807) is 39.1 Å². The molecule has 0 aliphatic rings. The highest BCUT2D eigenvalue weighted by Gasteiger charge is 2.25. The number of pyridine rings is 1. The summed E-state index contributed by atoms with van der Waals surface area (Å²) in [7, 11) is 1.31. The number of phenolic OH excluding ortho intramolecular Hbond substituents is 1. The first-order valence-corrected chi connectivity index (χ1v) is 16.3. The summed E-state index contributed by atoms with van der Waals surface area (Å²) in [4.78, 5) is 56.5. The van der Waals surface area contributed by atoms with Crippen LogP contribution in [0, 0.1) is 6.92 Å². The molecule has 0 fully saturated rings. The summed E-state index contributed by atoms with van der Waals surface area (Å²) >= 11 is 1.47. The Bertz CT molecular complexity index is 1730. The topological polar surface area (TPSA) is 135 Å². The number of carbonyl (C=O) groups excluding carboxylic acids is 4. The number of methoxy groups -OCH3 is 1. The van der Waals surface area contributed by atoms with Crippen molar-refractivity contribution in [3.63, 3.8) is 0 Å². The molecule has 0 spiro atoms. The highest BCUT2D eigenvalue weighted by Crippen LogP contribution is 2.38. The number of aromatic hydroxyl groups is 1. The highest BCUT2D eigenvalue weighted by molar-refractivity contribution is 7.17. The van der Waals surface area contributed by atoms with Gasteiger partial charge < -0.3 is 19.9 Å². The van der Waals surface area contributed by atoms with Gasteiger partial charge in [0, 0.05) is 36.9 Å². The summed E-state index contributed by atoms with van der Waals surface area (Å²) in [5.41, 5.74) is 2.94. The van der Waals surface area contributed by atoms with E-state index < -0.39 is 23.6 Å². The van der Waals surface area contributed by atoms with Crippen LogP contribution < -0.4 is 10.2 Å². The Kier molecular flexibility index (Phi) is 11.7. The predicted octanol–water partition coefficient (Wildman–Crippen LogP) is 6.92. The first kappa shape index (κ1) is 35.1. The molecular formula is C36H41N3O7S. The van der Waals surface area contributed by atoms with Crippen LogP contribution in [0.3, 0.4) is 0 Å². The largest absolute Gasteiger partial charge is 0.506 e. The first-order chi connectivity index (χ1) is 22.3. The molecular weight excluding hydrogens is 618 g/mol. The Morgan fingerprint density at radius 2 is 1.77 bits per heavy atom. The molecule has 2 aromatic carbocycles. The quantitative estimate of drug-likeness (QED) is 0.148. The normalized spacial score (nSPS) is 11.9. The minimum absolute atomic E-state index is 0.0109. The Morgan fingerprint density at radius 3 is 2.45 bits per heavy atom. The fraction of sp³-hybridized carbons (Fsp3) is 0.361. The molecule has 1 atom stereocenters. The Balaban J connectivity index is 1.34. The maximum atomic E-state index is 13.0. The van der Waals surface area contributed by atoms with Crippen molar-refractivity contribution in [2.75, 3.05) is 25.1 Å². The van der Waals surface area contributed by atoms with Crippen LogP contribution in [0.15, 0.2) is 66.2 Å². The lowest BCUT2D eigenvalue weighted by molar-refractivity contribution is -0.141. The number of aryl methyl sites for hydroxylation is 1. The summed E-state index contributed by atoms with van der Waals surface area (Å²) < 4.78 is 11.2. The molecule has 0 aliphatic heterocycles. The van der Waals surface area contributed by atoms with Crippen LogP contribution in [-0.4, -0.2) is 59.6 Å². The van der Waals surface area contributed by atoms with Gasteiger partial charge in [-0.05, 0) is 92.1 Å². The molecule has 0 saturated heterocycles. The van der Waals surface area contributed by atoms with Crippen LogP contribution in [-0.2, 0) is 23.9 Å². The van der Waals surface area contributed by atoms with Crippen LogP contribution in [0.4, 0.5) is 10.6 Å². The number of hydrogen-bond donors (Lipinski definition) is 2. The Hall–Kier alpha value is -4.77. The van der Waals surface area contributed by atoms with Gasteiger partial charge in [0.25, 0.3) is 0 Å². The van der Waals surface area contributed by atoms with E-state index in [0.717, 1.165) is 32.3 Å². The molecule has 4 rings (SSSR count). The summed E-state index contributed by atoms with van der Waals surface area (Å²) in [6.07, 6.45) is 1.51. The fourth-order valence-electron chi connectivity index (χ4n) is 5.14. The van der Waals surface area contributed by atoms with Gasteiger partial charge in [0.1, 0.15) is 17.2 Å². The van der Waals surface area contributed by atoms with E-state index >= 15 is 0 Å². The van der Waals surface area contributed by atoms with E-state index in [1.807, 2.05) is 54.8 Å². The molecule has 0 aliphatic carbocycles. The summed E-state index contributed by atoms with van der Waals surface area (Å²) in [5, 5.41) is 15.7. The van der Waals surface area contributed by atoms with E-state index in [0.29, 0.717) is 12.2 Å². The van der Waals surface area contributed by atoms with Crippen molar-refractivity contribution >= 4 is 51.0 Å². The second-order valence-corrected chi connectivity index (χ2v) is 13.3. The average Bonchev–Trinajstić information content (AvgIpc) is 3.52. The number of Topliss-reactive ketones (excluding diaryl/α,β-unsaturated/α-hetero) is 1. The van der Waals surface area contributed by atoms with Crippen LogP contribution in [0.2, 0.25) is 0 Å². The van der Waals surface area contributed by atoms with Crippen molar-refractivity contribution in [2.24, 2.45) is 0 Å². The van der Waals surface area contributed by atoms with Gasteiger partial charge in [-0.2, -0.15) is 0 Å². The number of anilines is 1. The molecule has 47 heavy (non-hydrogen) atoms. The molecule has 11 heteroatoms. The molecule has 2 amide bonds. The number of nitrogens with one attached hydrogen (secondary N) is 1. The third kappa shape index (κ3) is 9.86. The molecule has 10 nitrogen and oxygen atoms in total. The van der Waals surface area contributed by atoms with Crippen molar-refractivity contribution < 1.29 is 33.8 Å². The van der Waals surface area contributed by atoms with Gasteiger partial charge in [-0.3, -0.25) is 19.3 Å². The number of amides is 2. The number of nitrogens with zero attached hydrogens (tertiary/aromatic N) is 2. The first-order valence-electron chi connectivity index (χ1n) is 15.4. The number of rotatable bonds is 13. The van der Waals surface area contributed by atoms with Gasteiger partial charge in [-0.25, -0.2) is 9.78 Å². The van der Waals surface area contributed by atoms with Crippen molar-refractivity contribution in [1.29, 1.82) is 0 Å². The average molecular weight is 660 g/mol. The van der Waals surface area contributed by atoms with Crippen molar-refractivity contribution in [3.8, 4) is 16.9 Å². The third-order valence-corrected chi connectivity index (χ3v) is 8.40. The molecule has 248 valence electrons. The molecule has 0 unspecified atom stereocenters. The van der Waals surface area contributed by atoms with Crippen LogP contribution in [0.1, 0.15) is 63.5 Å². The zero-order valence-electron chi connectivity index (χ0n) is 27.4. The molecule has 2 heterocycles. The lowest BCUT2D eigenvalue weighted by Gasteiger charge is -2.27. The number of thiophene rings is 1. The van der Waals surface area contributed by atoms with E-state index in [1.165, 1.54) is 23.3 Å². The zero-order valence-corrected chi connectivity index (χ0v) is 28.2. The molecule has 0 radical (unpaired) electrons. The number of fused-ring (bicyclic) bond motifs is 1. The minimum Gasteiger partial charge on any atom is -0.506 e. The van der Waals surface area contributed by atoms with E-state index in [9.17, 15) is 24.3 Å². The van der Waals surface area contributed by atoms with E-state index in [2.05, 4.69) is 10.3 Å². The number of esters is 1. The molecule has 0 bridgehead atoms. The smallest absolute Gasteiger partial charge is 0.416 e. The van der Waals surface area contributed by atoms with Gasteiger partial charge in [-0.1, -0.05) is 24.3 Å². The zero-order chi connectivity index (χ0) is 34.1. The van der Waals surface area contributed by atoms with Gasteiger partial charge >= 0.3 is 12.1 Å². The maximum absolute atomic E-state index is 13.0. The number of aromatic nitrogens is 1. The van der Waals surface area contributed by atoms with Crippen molar-refractivity contribution in [2.45, 2.75) is 64.9 Å². The SMILES string of the molecule is COC(=O)C[C@H](CC(=O)CNC(=O)CCCN(C(=O)OC(C)(C)C)c1cc(C)ccn1)c1ccc(-c2ccc(O)c3sccc23)cc1. The lowest BCUT2D eigenvalue weighted by Crippen LogP contribution is -2.38. The van der Waals surface area contributed by atoms with Gasteiger partial charge in [0.2, 0.25) is 5.91 Å². The predicted molar refractivity (Wildman–Crippen MR) is 183 cm³/mol. The molecule has 2 N–H and O–H groups in total. The van der Waals surface area contributed by atoms with E-state index in [4.69, 9.17) is 9.47 Å². The number of hydrogen-bond acceptors (Lipinski definition) is 9. The van der Waals surface area contributed by atoms with Gasteiger partial charge in [-0.15, -0.1) is 11.3 Å². The van der Waals surface area contributed by atoms with Gasteiger partial charge in [0.05, 0.1) is 24.8 Å². The minimum atomic E-state index is -0.700. The van der Waals surface area contributed by atoms with E-state index in [-0.39, 0.29) is 49.8 Å². The monoisotopic (exact) mass is 659 g/mol. The van der Waals surface area contributed by atoms with Crippen LogP contribution >= 0.6 is 11.3 Å². The van der Waals surface area contributed by atoms with Gasteiger partial charge in [0.15, 0.2) is 5.78 Å². The van der Waals surface area contributed by atoms with Crippen LogP contribution in [0.25, 0.3) is 21.2 Å². The third-order valence-electron chi connectivity index (χ3n) is 7.46. The lowest BCUT2D eigenvalue weighted by atomic mass is 9.89. The molecule has 2 aromatic heterocycles. The fourth-order valence-corrected chi connectivity index (χ4v) is 5.97. The number of ether oxygens (including phenoxy) is 2. The highest BCUT2D eigenvalue weighted by atomic mass is 32.1. The number of ketones is 1. The standard InChI is InChI=1S/C36H41N3O7S/c1-23-14-16-37-31(19-23)39(35(44)46-36(2,3)4)17-6-7-32(42)38-22-27(40)20-26(21-33(43)45-5)24-8-10-25(11-9-24)28-12-13-30(41)34-29(28)15-18-47-34/h8-16,18-19,26,41H,6-7,17,20-22H2,1-5H3,(H,38,42)/t26-/m0/s1. The number of benzene rings is 2. The van der Waals surface area contributed by atoms with Crippen molar-refractivity contribution in [1.82, 2.24) is 10.3 Å². The van der Waals surface area contributed by atoms with Crippen molar-refractivity contribution in [3.05, 3.63) is 77.3 Å². The Labute approximate surface area is 278 Å². The number of phenols is 1. The summed E-state index contributed by atoms with van der Waals surface area (Å²) in [6.45, 7) is 7.25. The maximum Gasteiger partial charge on any atom is 0.416 e. The number of carbonyl (C=O) groups is 4. The second-order valence-electron chi connectivity index (χ2n) is 12.3. The second kappa shape index (κ2) is 15.7. The summed E-state index contributed by atoms with van der Waals surface area (Å²) in [6, 6.07) is 16.7. The van der Waals surface area contributed by atoms with Crippen LogP contribution in [0.5, 0.6) is 5.75 Å². The molecule has 0 saturated carbocycles. The molecule has 4 aromatic rings. The summed E-state index contributed by atoms with van der Waals surface area (Å²) in [5.74, 6) is -0.765.